The van der Waals surface area contributed by atoms with Gasteiger partial charge in [0.15, 0.2) is 0 Å². The van der Waals surface area contributed by atoms with Crippen molar-refractivity contribution < 1.29 is 10.0 Å². The molecule has 12 heteroatoms. The fourth-order valence-corrected chi connectivity index (χ4v) is 6.15. The lowest BCUT2D eigenvalue weighted by Crippen LogP contribution is -2.29. The monoisotopic (exact) mass is 926 g/mol. The Labute approximate surface area is 351 Å². The van der Waals surface area contributed by atoms with E-state index in [1.165, 1.54) is 0 Å². The van der Waals surface area contributed by atoms with Crippen molar-refractivity contribution in [2.75, 3.05) is 9.80 Å². The summed E-state index contributed by atoms with van der Waals surface area (Å²) in [4.78, 5) is 20.8. The molecule has 0 saturated heterocycles. The van der Waals surface area contributed by atoms with Gasteiger partial charge in [0.2, 0.25) is 0 Å². The fourth-order valence-electron chi connectivity index (χ4n) is 5.54. The summed E-state index contributed by atoms with van der Waals surface area (Å²) < 4.78 is 2.23. The Hall–Kier alpha value is -5.50. The molecule has 56 heavy (non-hydrogen) atoms. The summed E-state index contributed by atoms with van der Waals surface area (Å²) in [6.07, 6.45) is 6.74. The van der Waals surface area contributed by atoms with Crippen LogP contribution >= 0.6 is 47.8 Å². The summed E-state index contributed by atoms with van der Waals surface area (Å²) in [7, 11) is -1.45. The minimum Gasteiger partial charge on any atom is -0.423 e. The van der Waals surface area contributed by atoms with Crippen LogP contribution in [-0.2, 0) is 0 Å². The first-order valence-corrected chi connectivity index (χ1v) is 19.7. The molecule has 0 unspecified atom stereocenters. The van der Waals surface area contributed by atoms with Crippen LogP contribution in [0.15, 0.2) is 208 Å². The van der Waals surface area contributed by atoms with Gasteiger partial charge < -0.3 is 19.8 Å². The lowest BCUT2D eigenvalue weighted by Gasteiger charge is -2.25. The van der Waals surface area contributed by atoms with Gasteiger partial charge in [0.25, 0.3) is 0 Å². The summed E-state index contributed by atoms with van der Waals surface area (Å²) >= 11 is 9.62. The van der Waals surface area contributed by atoms with Crippen LogP contribution in [0.4, 0.5) is 34.1 Å². The van der Waals surface area contributed by atoms with Crippen LogP contribution in [0.3, 0.4) is 0 Å². The SMILES string of the molecule is Brc1cnc(-c2ccc(N(c3ccccc3)c3ccccc3)cc2)cn1.Brc1cnc(Br)cn1.OB(O)c1ccc(N(c2ccccc2)c2ccccc2)cc1. The molecule has 8 nitrogen and oxygen atoms in total. The zero-order valence-corrected chi connectivity index (χ0v) is 34.5. The predicted molar refractivity (Wildman–Crippen MR) is 238 cm³/mol. The van der Waals surface area contributed by atoms with Gasteiger partial charge in [0.05, 0.1) is 30.5 Å². The lowest BCUT2D eigenvalue weighted by atomic mass is 9.80. The van der Waals surface area contributed by atoms with Gasteiger partial charge in [0.1, 0.15) is 13.8 Å². The number of halogens is 3. The van der Waals surface area contributed by atoms with Crippen LogP contribution in [0.5, 0.6) is 0 Å². The molecule has 0 aliphatic heterocycles. The number of hydrogen-bond donors (Lipinski definition) is 2. The van der Waals surface area contributed by atoms with E-state index in [1.807, 2.05) is 84.9 Å². The van der Waals surface area contributed by atoms with Crippen molar-refractivity contribution in [1.29, 1.82) is 0 Å². The minimum absolute atomic E-state index is 0.477. The van der Waals surface area contributed by atoms with E-state index in [1.54, 1.807) is 36.9 Å². The maximum atomic E-state index is 9.23. The van der Waals surface area contributed by atoms with E-state index >= 15 is 0 Å². The quantitative estimate of drug-likeness (QED) is 0.145. The third-order valence-corrected chi connectivity index (χ3v) is 9.37. The molecule has 0 amide bonds. The third kappa shape index (κ3) is 11.3. The first kappa shape index (κ1) is 40.2. The average molecular weight is 929 g/mol. The van der Waals surface area contributed by atoms with Crippen molar-refractivity contribution in [2.24, 2.45) is 0 Å². The maximum absolute atomic E-state index is 9.23. The summed E-state index contributed by atoms with van der Waals surface area (Å²) in [6, 6.07) is 56.4. The van der Waals surface area contributed by atoms with Crippen molar-refractivity contribution in [3.63, 3.8) is 0 Å². The largest absolute Gasteiger partial charge is 0.488 e. The van der Waals surface area contributed by atoms with Gasteiger partial charge in [-0.3, -0.25) is 4.98 Å². The second kappa shape index (κ2) is 20.4. The van der Waals surface area contributed by atoms with E-state index in [0.29, 0.717) is 5.46 Å². The Balaban J connectivity index is 0.000000160. The first-order valence-electron chi connectivity index (χ1n) is 17.3. The smallest absolute Gasteiger partial charge is 0.423 e. The Morgan fingerprint density at radius 3 is 0.964 bits per heavy atom. The summed E-state index contributed by atoms with van der Waals surface area (Å²) in [5.74, 6) is 0. The van der Waals surface area contributed by atoms with Crippen molar-refractivity contribution in [3.05, 3.63) is 208 Å². The summed E-state index contributed by atoms with van der Waals surface area (Å²) in [5, 5.41) is 18.5. The van der Waals surface area contributed by atoms with Crippen LogP contribution in [-0.4, -0.2) is 37.1 Å². The van der Waals surface area contributed by atoms with Crippen LogP contribution in [0.25, 0.3) is 11.3 Å². The standard InChI is InChI=1S/C22H16BrN3.C18H16BNO2.C4H2Br2N2/c23-22-16-24-21(15-25-22)17-11-13-20(14-12-17)26(18-7-3-1-4-8-18)19-9-5-2-6-10-19;21-19(22)15-11-13-18(14-12-15)20(16-7-3-1-4-8-16)17-9-5-2-6-10-17;5-3-1-7-4(6)2-8-3/h1-16H;1-14,21-22H;1-2H. The van der Waals surface area contributed by atoms with Crippen molar-refractivity contribution in [1.82, 2.24) is 19.9 Å². The lowest BCUT2D eigenvalue weighted by molar-refractivity contribution is 0.426. The van der Waals surface area contributed by atoms with Crippen molar-refractivity contribution in [2.45, 2.75) is 0 Å². The fraction of sp³-hybridized carbons (Fsp3) is 0. The molecular weight excluding hydrogens is 895 g/mol. The summed E-state index contributed by atoms with van der Waals surface area (Å²) in [6.45, 7) is 0. The molecule has 0 fully saturated rings. The van der Waals surface area contributed by atoms with E-state index < -0.39 is 7.12 Å². The molecule has 0 aliphatic carbocycles. The molecule has 0 saturated carbocycles. The zero-order chi connectivity index (χ0) is 39.1. The van der Waals surface area contributed by atoms with Gasteiger partial charge in [-0.15, -0.1) is 0 Å². The number of anilines is 6. The molecule has 2 heterocycles. The topological polar surface area (TPSA) is 98.5 Å². The van der Waals surface area contributed by atoms with E-state index in [0.717, 1.165) is 59.2 Å². The molecule has 0 radical (unpaired) electrons. The molecule has 6 aromatic carbocycles. The van der Waals surface area contributed by atoms with Gasteiger partial charge in [-0.2, -0.15) is 0 Å². The maximum Gasteiger partial charge on any atom is 0.488 e. The normalized spacial score (nSPS) is 10.2. The molecule has 0 aliphatic rings. The van der Waals surface area contributed by atoms with Crippen LogP contribution < -0.4 is 15.3 Å². The van der Waals surface area contributed by atoms with E-state index in [-0.39, 0.29) is 0 Å². The highest BCUT2D eigenvalue weighted by molar-refractivity contribution is 9.11. The number of benzene rings is 6. The van der Waals surface area contributed by atoms with Gasteiger partial charge in [-0.1, -0.05) is 97.1 Å². The molecule has 2 N–H and O–H groups in total. The average Bonchev–Trinajstić information content (AvgIpc) is 3.25. The van der Waals surface area contributed by atoms with Crippen molar-refractivity contribution >= 4 is 94.5 Å². The van der Waals surface area contributed by atoms with Crippen LogP contribution in [0.1, 0.15) is 0 Å². The molecule has 8 aromatic rings. The Morgan fingerprint density at radius 2 is 0.661 bits per heavy atom. The van der Waals surface area contributed by atoms with Crippen LogP contribution in [0.2, 0.25) is 0 Å². The second-order valence-corrected chi connectivity index (χ2v) is 14.3. The molecule has 276 valence electrons. The Bertz CT molecular complexity index is 2250. The van der Waals surface area contributed by atoms with E-state index in [2.05, 4.69) is 150 Å². The number of nitrogens with zero attached hydrogens (tertiary/aromatic N) is 6. The zero-order valence-electron chi connectivity index (χ0n) is 29.8. The number of aromatic nitrogens is 4. The Kier molecular flexibility index (Phi) is 14.7. The number of hydrogen-bond acceptors (Lipinski definition) is 8. The molecule has 0 bridgehead atoms. The number of para-hydroxylation sites is 4. The highest BCUT2D eigenvalue weighted by Gasteiger charge is 2.15. The van der Waals surface area contributed by atoms with Gasteiger partial charge >= 0.3 is 7.12 Å². The third-order valence-electron chi connectivity index (χ3n) is 8.14. The van der Waals surface area contributed by atoms with Gasteiger partial charge in [-0.25, -0.2) is 15.0 Å². The molecule has 0 spiro atoms. The highest BCUT2D eigenvalue weighted by atomic mass is 79.9. The van der Waals surface area contributed by atoms with Crippen LogP contribution in [0, 0.1) is 0 Å². The molecule has 0 atom stereocenters. The number of rotatable bonds is 8. The van der Waals surface area contributed by atoms with E-state index in [9.17, 15) is 10.0 Å². The summed E-state index contributed by atoms with van der Waals surface area (Å²) in [5.41, 5.74) is 8.75. The minimum atomic E-state index is -1.45. The highest BCUT2D eigenvalue weighted by Crippen LogP contribution is 2.35. The van der Waals surface area contributed by atoms with E-state index in [4.69, 9.17) is 0 Å². The van der Waals surface area contributed by atoms with Gasteiger partial charge in [-0.05, 0) is 126 Å². The van der Waals surface area contributed by atoms with Gasteiger partial charge in [0, 0.05) is 39.7 Å². The predicted octanol–water partition coefficient (Wildman–Crippen LogP) is 11.2. The molecule has 2 aromatic heterocycles. The molecule has 8 rings (SSSR count). The second-order valence-electron chi connectivity index (χ2n) is 11.9. The Morgan fingerprint density at radius 1 is 0.357 bits per heavy atom. The first-order chi connectivity index (χ1) is 27.4. The van der Waals surface area contributed by atoms with Crippen molar-refractivity contribution in [3.8, 4) is 11.3 Å². The molecular formula is C44H34BBr3N6O2.